The fourth-order valence-corrected chi connectivity index (χ4v) is 3.34. The Hall–Kier alpha value is -2.63. The number of ketones is 1. The molecule has 2 aromatic carbocycles. The summed E-state index contributed by atoms with van der Waals surface area (Å²) in [5.74, 6) is 1.21. The van der Waals surface area contributed by atoms with Crippen molar-refractivity contribution in [2.45, 2.75) is 31.8 Å². The minimum atomic E-state index is -0.226. The first-order valence-electron chi connectivity index (χ1n) is 9.01. The molecule has 0 aliphatic rings. The summed E-state index contributed by atoms with van der Waals surface area (Å²) in [5, 5.41) is 10.2. The average Bonchev–Trinajstić information content (AvgIpc) is 3.18. The van der Waals surface area contributed by atoms with Gasteiger partial charge in [-0.15, -0.1) is 0 Å². The van der Waals surface area contributed by atoms with Gasteiger partial charge in [0.1, 0.15) is 23.0 Å². The van der Waals surface area contributed by atoms with Gasteiger partial charge in [-0.2, -0.15) is 0 Å². The summed E-state index contributed by atoms with van der Waals surface area (Å²) in [5.41, 5.74) is 2.43. The van der Waals surface area contributed by atoms with Gasteiger partial charge >= 0.3 is 0 Å². The predicted molar refractivity (Wildman–Crippen MR) is 107 cm³/mol. The van der Waals surface area contributed by atoms with Crippen molar-refractivity contribution in [2.24, 2.45) is 0 Å². The Labute approximate surface area is 168 Å². The molecule has 0 fully saturated rings. The van der Waals surface area contributed by atoms with E-state index < -0.39 is 0 Å². The van der Waals surface area contributed by atoms with Crippen molar-refractivity contribution in [3.8, 4) is 5.75 Å². The van der Waals surface area contributed by atoms with Gasteiger partial charge < -0.3 is 14.3 Å². The van der Waals surface area contributed by atoms with Gasteiger partial charge in [0.25, 0.3) is 0 Å². The summed E-state index contributed by atoms with van der Waals surface area (Å²) in [4.78, 5) is 16.8. The number of aliphatic hydroxyl groups excluding tert-OH is 1. The van der Waals surface area contributed by atoms with E-state index in [1.54, 1.807) is 19.2 Å². The molecule has 3 aromatic rings. The van der Waals surface area contributed by atoms with Gasteiger partial charge in [-0.3, -0.25) is 4.79 Å². The Morgan fingerprint density at radius 2 is 1.82 bits per heavy atom. The molecule has 146 valence electrons. The number of benzene rings is 2. The molecule has 1 aromatic heterocycles. The molecular weight excluding hydrogens is 378 g/mol. The first-order chi connectivity index (χ1) is 13.6. The molecule has 0 aliphatic heterocycles. The van der Waals surface area contributed by atoms with Crippen LogP contribution in [0.5, 0.6) is 5.75 Å². The molecule has 0 radical (unpaired) electrons. The van der Waals surface area contributed by atoms with Crippen LogP contribution in [0.25, 0.3) is 0 Å². The quantitative estimate of drug-likeness (QED) is 0.578. The van der Waals surface area contributed by atoms with Crippen molar-refractivity contribution in [3.05, 3.63) is 82.5 Å². The van der Waals surface area contributed by atoms with Crippen molar-refractivity contribution in [3.63, 3.8) is 0 Å². The van der Waals surface area contributed by atoms with Crippen LogP contribution in [0.1, 0.15) is 34.9 Å². The van der Waals surface area contributed by atoms with Crippen molar-refractivity contribution >= 4 is 17.4 Å². The number of aliphatic hydroxyl groups is 1. The van der Waals surface area contributed by atoms with Crippen molar-refractivity contribution in [1.82, 2.24) is 4.98 Å². The van der Waals surface area contributed by atoms with E-state index in [9.17, 15) is 9.90 Å². The van der Waals surface area contributed by atoms with Crippen LogP contribution in [0.4, 0.5) is 0 Å². The van der Waals surface area contributed by atoms with Crippen LogP contribution in [0, 0.1) is 0 Å². The smallest absolute Gasteiger partial charge is 0.181 e. The maximum atomic E-state index is 12.7. The van der Waals surface area contributed by atoms with Gasteiger partial charge in [-0.25, -0.2) is 4.98 Å². The maximum absolute atomic E-state index is 12.7. The number of hydrogen-bond acceptors (Lipinski definition) is 5. The predicted octanol–water partition coefficient (Wildman–Crippen LogP) is 4.36. The zero-order valence-electron chi connectivity index (χ0n) is 15.6. The van der Waals surface area contributed by atoms with E-state index in [0.29, 0.717) is 29.3 Å². The van der Waals surface area contributed by atoms with E-state index in [0.717, 1.165) is 16.9 Å². The molecule has 1 unspecified atom stereocenters. The molecule has 0 bridgehead atoms. The number of halogens is 1. The molecule has 1 N–H and O–H groups in total. The number of hydrogen-bond donors (Lipinski definition) is 1. The highest BCUT2D eigenvalue weighted by Gasteiger charge is 2.23. The van der Waals surface area contributed by atoms with Crippen molar-refractivity contribution in [2.75, 3.05) is 7.11 Å². The molecule has 0 spiro atoms. The third-order valence-corrected chi connectivity index (χ3v) is 4.87. The first kappa shape index (κ1) is 20.1. The molecule has 5 nitrogen and oxygen atoms in total. The van der Waals surface area contributed by atoms with E-state index in [1.807, 2.05) is 36.4 Å². The molecular formula is C22H22ClNO4. The number of Topliss-reactive ketones (excluding diaryl/α,β-unsaturated/α-hetero) is 1. The maximum Gasteiger partial charge on any atom is 0.181 e. The van der Waals surface area contributed by atoms with Crippen LogP contribution in [0.15, 0.2) is 59.3 Å². The van der Waals surface area contributed by atoms with Crippen LogP contribution in [0.2, 0.25) is 5.02 Å². The normalized spacial score (nSPS) is 12.0. The van der Waals surface area contributed by atoms with Crippen LogP contribution in [0.3, 0.4) is 0 Å². The number of carbonyl (C=O) groups is 1. The second-order valence-corrected chi connectivity index (χ2v) is 7.05. The van der Waals surface area contributed by atoms with Crippen LogP contribution in [-0.4, -0.2) is 23.0 Å². The van der Waals surface area contributed by atoms with Gasteiger partial charge in [-0.1, -0.05) is 35.9 Å². The Morgan fingerprint density at radius 3 is 2.46 bits per heavy atom. The number of nitrogens with zero attached hydrogens (tertiary/aromatic N) is 1. The summed E-state index contributed by atoms with van der Waals surface area (Å²) in [6, 6.07) is 15.0. The summed E-state index contributed by atoms with van der Waals surface area (Å²) in [6.07, 6.45) is 2.51. The lowest BCUT2D eigenvalue weighted by Gasteiger charge is -2.15. The number of rotatable bonds is 9. The third-order valence-electron chi connectivity index (χ3n) is 4.62. The lowest BCUT2D eigenvalue weighted by Crippen LogP contribution is -2.13. The molecule has 0 aliphatic carbocycles. The largest absolute Gasteiger partial charge is 0.497 e. The monoisotopic (exact) mass is 399 g/mol. The van der Waals surface area contributed by atoms with Gasteiger partial charge in [-0.05, 0) is 41.8 Å². The van der Waals surface area contributed by atoms with Gasteiger partial charge in [0.2, 0.25) is 0 Å². The van der Waals surface area contributed by atoms with Crippen molar-refractivity contribution in [1.29, 1.82) is 0 Å². The fraction of sp³-hybridized carbons (Fsp3) is 0.273. The van der Waals surface area contributed by atoms with E-state index >= 15 is 0 Å². The average molecular weight is 400 g/mol. The summed E-state index contributed by atoms with van der Waals surface area (Å²) in [6.45, 7) is -0.226. The Morgan fingerprint density at radius 1 is 1.14 bits per heavy atom. The number of methoxy groups -OCH3 is 1. The molecule has 1 heterocycles. The molecule has 3 rings (SSSR count). The highest BCUT2D eigenvalue weighted by molar-refractivity contribution is 6.30. The fourth-order valence-electron chi connectivity index (χ4n) is 3.21. The van der Waals surface area contributed by atoms with E-state index in [-0.39, 0.29) is 24.7 Å². The van der Waals surface area contributed by atoms with E-state index in [4.69, 9.17) is 20.8 Å². The van der Waals surface area contributed by atoms with Gasteiger partial charge in [0, 0.05) is 23.8 Å². The van der Waals surface area contributed by atoms with E-state index in [1.165, 1.54) is 6.39 Å². The van der Waals surface area contributed by atoms with Crippen molar-refractivity contribution < 1.29 is 19.1 Å². The highest BCUT2D eigenvalue weighted by Crippen LogP contribution is 2.29. The number of ether oxygens (including phenoxy) is 1. The van der Waals surface area contributed by atoms with E-state index in [2.05, 4.69) is 4.98 Å². The highest BCUT2D eigenvalue weighted by atomic mass is 35.5. The number of carbonyl (C=O) groups excluding carboxylic acids is 1. The van der Waals surface area contributed by atoms with Crippen LogP contribution >= 0.6 is 11.6 Å². The van der Waals surface area contributed by atoms with Crippen LogP contribution < -0.4 is 4.74 Å². The Bertz CT molecular complexity index is 903. The molecule has 6 heteroatoms. The summed E-state index contributed by atoms with van der Waals surface area (Å²) in [7, 11) is 1.62. The molecule has 28 heavy (non-hydrogen) atoms. The Kier molecular flexibility index (Phi) is 6.85. The second-order valence-electron chi connectivity index (χ2n) is 6.62. The molecule has 0 saturated heterocycles. The minimum absolute atomic E-state index is 0.0844. The zero-order chi connectivity index (χ0) is 19.9. The molecule has 0 amide bonds. The van der Waals surface area contributed by atoms with Gasteiger partial charge in [0.15, 0.2) is 6.39 Å². The standard InChI is InChI=1S/C22H22ClNO4/c1-27-20-8-4-15(5-9-20)10-17(22-21(13-25)24-14-28-22)12-19(26)11-16-2-6-18(23)7-3-16/h2-9,14,17,25H,10-13H2,1H3. The topological polar surface area (TPSA) is 72.6 Å². The van der Waals surface area contributed by atoms with Crippen LogP contribution in [-0.2, 0) is 24.2 Å². The first-order valence-corrected chi connectivity index (χ1v) is 9.39. The lowest BCUT2D eigenvalue weighted by atomic mass is 9.89. The molecule has 0 saturated carbocycles. The third kappa shape index (κ3) is 5.21. The SMILES string of the molecule is COc1ccc(CC(CC(=O)Cc2ccc(Cl)cc2)c2ocnc2CO)cc1. The minimum Gasteiger partial charge on any atom is -0.497 e. The lowest BCUT2D eigenvalue weighted by molar-refractivity contribution is -0.118. The molecule has 1 atom stereocenters. The van der Waals surface area contributed by atoms with Gasteiger partial charge in [0.05, 0.1) is 13.7 Å². The zero-order valence-corrected chi connectivity index (χ0v) is 16.4. The number of aromatic nitrogens is 1. The second kappa shape index (κ2) is 9.53. The summed E-state index contributed by atoms with van der Waals surface area (Å²) < 4.78 is 10.7. The summed E-state index contributed by atoms with van der Waals surface area (Å²) >= 11 is 5.91. The Balaban J connectivity index is 1.77. The number of oxazole rings is 1.